The van der Waals surface area contributed by atoms with Crippen LogP contribution >= 0.6 is 23.2 Å². The first-order valence-electron chi connectivity index (χ1n) is 5.82. The van der Waals surface area contributed by atoms with E-state index in [1.54, 1.807) is 6.07 Å². The number of rotatable bonds is 4. The molecule has 1 aromatic heterocycles. The molecule has 0 fully saturated rings. The number of halogens is 2. The Labute approximate surface area is 121 Å². The summed E-state index contributed by atoms with van der Waals surface area (Å²) < 4.78 is 0. The maximum absolute atomic E-state index is 6.10. The highest BCUT2D eigenvalue weighted by Gasteiger charge is 2.09. The predicted octanol–water partition coefficient (Wildman–Crippen LogP) is 3.98. The normalized spacial score (nSPS) is 10.3. The van der Waals surface area contributed by atoms with Crippen molar-refractivity contribution in [3.05, 3.63) is 45.9 Å². The highest BCUT2D eigenvalue weighted by atomic mass is 35.5. The topological polar surface area (TPSA) is 63.0 Å². The van der Waals surface area contributed by atoms with Gasteiger partial charge in [-0.15, -0.1) is 0 Å². The van der Waals surface area contributed by atoms with Crippen LogP contribution in [0.5, 0.6) is 0 Å². The van der Waals surface area contributed by atoms with E-state index in [0.717, 1.165) is 12.1 Å². The number of aromatic nitrogens is 1. The number of hydrogen-bond donors (Lipinski definition) is 3. The molecule has 1 heterocycles. The molecule has 0 bridgehead atoms. The average molecular weight is 297 g/mol. The van der Waals surface area contributed by atoms with Gasteiger partial charge in [0.2, 0.25) is 0 Å². The van der Waals surface area contributed by atoms with Crippen LogP contribution in [-0.2, 0) is 6.42 Å². The van der Waals surface area contributed by atoms with Crippen LogP contribution in [0.25, 0.3) is 0 Å². The summed E-state index contributed by atoms with van der Waals surface area (Å²) in [6, 6.07) is 9.63. The van der Waals surface area contributed by atoms with E-state index in [4.69, 9.17) is 29.0 Å². The lowest BCUT2D eigenvalue weighted by molar-refractivity contribution is 1.14. The van der Waals surface area contributed by atoms with Crippen molar-refractivity contribution in [3.8, 4) is 0 Å². The maximum Gasteiger partial charge on any atom is 0.161 e. The van der Waals surface area contributed by atoms with Gasteiger partial charge in [-0.2, -0.15) is 0 Å². The number of benzene rings is 1. The Morgan fingerprint density at radius 2 is 1.89 bits per heavy atom. The minimum Gasteiger partial charge on any atom is -0.339 e. The third-order valence-corrected chi connectivity index (χ3v) is 3.24. The van der Waals surface area contributed by atoms with Crippen LogP contribution in [0.15, 0.2) is 30.3 Å². The molecule has 100 valence electrons. The van der Waals surface area contributed by atoms with Crippen LogP contribution in [-0.4, -0.2) is 4.98 Å². The zero-order valence-corrected chi connectivity index (χ0v) is 11.9. The van der Waals surface area contributed by atoms with E-state index in [0.29, 0.717) is 21.7 Å². The smallest absolute Gasteiger partial charge is 0.161 e. The van der Waals surface area contributed by atoms with Crippen molar-refractivity contribution < 1.29 is 0 Å². The van der Waals surface area contributed by atoms with Gasteiger partial charge in [-0.1, -0.05) is 42.3 Å². The second kappa shape index (κ2) is 6.10. The van der Waals surface area contributed by atoms with Gasteiger partial charge in [-0.25, -0.2) is 10.8 Å². The largest absolute Gasteiger partial charge is 0.339 e. The number of nitrogen functional groups attached to an aromatic ring is 1. The summed E-state index contributed by atoms with van der Waals surface area (Å²) in [5, 5.41) is 3.96. The molecule has 4 N–H and O–H groups in total. The first-order valence-corrected chi connectivity index (χ1v) is 6.58. The molecule has 0 aliphatic carbocycles. The van der Waals surface area contributed by atoms with E-state index < -0.39 is 0 Å². The number of pyridine rings is 1. The van der Waals surface area contributed by atoms with Crippen molar-refractivity contribution >= 4 is 40.5 Å². The molecule has 0 atom stereocenters. The molecule has 0 amide bonds. The molecule has 4 nitrogen and oxygen atoms in total. The Morgan fingerprint density at radius 1 is 1.16 bits per heavy atom. The second-order valence-corrected chi connectivity index (χ2v) is 4.79. The Hall–Kier alpha value is -1.49. The van der Waals surface area contributed by atoms with Gasteiger partial charge in [0, 0.05) is 5.69 Å². The van der Waals surface area contributed by atoms with Crippen molar-refractivity contribution in [1.29, 1.82) is 0 Å². The van der Waals surface area contributed by atoms with E-state index in [9.17, 15) is 0 Å². The van der Waals surface area contributed by atoms with E-state index in [2.05, 4.69) is 28.7 Å². The van der Waals surface area contributed by atoms with Crippen LogP contribution in [0.3, 0.4) is 0 Å². The molecule has 0 saturated carbocycles. The highest BCUT2D eigenvalue weighted by molar-refractivity contribution is 6.37. The Kier molecular flexibility index (Phi) is 4.47. The van der Waals surface area contributed by atoms with Crippen molar-refractivity contribution in [2.45, 2.75) is 13.3 Å². The molecule has 2 aromatic rings. The second-order valence-electron chi connectivity index (χ2n) is 3.97. The molecule has 0 aliphatic heterocycles. The van der Waals surface area contributed by atoms with E-state index >= 15 is 0 Å². The summed E-state index contributed by atoms with van der Waals surface area (Å²) in [5.74, 6) is 6.22. The lowest BCUT2D eigenvalue weighted by Gasteiger charge is -2.11. The van der Waals surface area contributed by atoms with Crippen LogP contribution in [0, 0.1) is 0 Å². The van der Waals surface area contributed by atoms with Crippen LogP contribution < -0.4 is 16.6 Å². The molecule has 0 radical (unpaired) electrons. The summed E-state index contributed by atoms with van der Waals surface area (Å²) in [5.41, 5.74) is 4.57. The zero-order chi connectivity index (χ0) is 13.8. The molecule has 1 aromatic carbocycles. The van der Waals surface area contributed by atoms with Crippen molar-refractivity contribution in [1.82, 2.24) is 4.98 Å². The third-order valence-electron chi connectivity index (χ3n) is 2.66. The van der Waals surface area contributed by atoms with Gasteiger partial charge >= 0.3 is 0 Å². The lowest BCUT2D eigenvalue weighted by Crippen LogP contribution is -2.10. The molecular formula is C13H14Cl2N4. The summed E-state index contributed by atoms with van der Waals surface area (Å²) in [7, 11) is 0. The monoisotopic (exact) mass is 296 g/mol. The Morgan fingerprint density at radius 3 is 2.58 bits per heavy atom. The minimum absolute atomic E-state index is 0.375. The number of hydrogen-bond acceptors (Lipinski definition) is 4. The number of nitrogens with zero attached hydrogens (tertiary/aromatic N) is 1. The van der Waals surface area contributed by atoms with Crippen LogP contribution in [0.4, 0.5) is 17.3 Å². The summed E-state index contributed by atoms with van der Waals surface area (Å²) in [6.45, 7) is 2.10. The zero-order valence-electron chi connectivity index (χ0n) is 10.4. The summed E-state index contributed by atoms with van der Waals surface area (Å²) >= 11 is 12.0. The molecule has 2 rings (SSSR count). The molecule has 0 saturated heterocycles. The fourth-order valence-electron chi connectivity index (χ4n) is 1.66. The number of anilines is 3. The summed E-state index contributed by atoms with van der Waals surface area (Å²) in [6.07, 6.45) is 0.965. The first kappa shape index (κ1) is 13.9. The molecular weight excluding hydrogens is 283 g/mol. The Balaban J connectivity index is 2.32. The lowest BCUT2D eigenvalue weighted by atomic mass is 10.1. The van der Waals surface area contributed by atoms with Gasteiger partial charge in [0.05, 0.1) is 10.0 Å². The predicted molar refractivity (Wildman–Crippen MR) is 81.2 cm³/mol. The SMILES string of the molecule is CCc1cccc(Nc2nc(NN)c(Cl)cc2Cl)c1. The van der Waals surface area contributed by atoms with Crippen LogP contribution in [0.1, 0.15) is 12.5 Å². The Bertz CT molecular complexity index is 587. The fourth-order valence-corrected chi connectivity index (χ4v) is 2.12. The fraction of sp³-hybridized carbons (Fsp3) is 0.154. The molecule has 6 heteroatoms. The van der Waals surface area contributed by atoms with E-state index in [-0.39, 0.29) is 0 Å². The number of hydrazine groups is 1. The third kappa shape index (κ3) is 3.29. The van der Waals surface area contributed by atoms with Crippen molar-refractivity contribution in [2.24, 2.45) is 5.84 Å². The quantitative estimate of drug-likeness (QED) is 0.590. The van der Waals surface area contributed by atoms with Gasteiger partial charge in [-0.05, 0) is 30.2 Å². The summed E-state index contributed by atoms with van der Waals surface area (Å²) in [4.78, 5) is 4.23. The minimum atomic E-state index is 0.375. The van der Waals surface area contributed by atoms with Gasteiger partial charge < -0.3 is 10.7 Å². The highest BCUT2D eigenvalue weighted by Crippen LogP contribution is 2.30. The molecule has 19 heavy (non-hydrogen) atoms. The van der Waals surface area contributed by atoms with Crippen molar-refractivity contribution in [3.63, 3.8) is 0 Å². The number of nitrogens with one attached hydrogen (secondary N) is 2. The molecule has 0 spiro atoms. The molecule has 0 unspecified atom stereocenters. The standard InChI is InChI=1S/C13H14Cl2N4/c1-2-8-4-3-5-9(6-8)17-12-10(14)7-11(15)13(18-12)19-16/h3-7H,2,16H2,1H3,(H2,17,18,19). The number of nitrogens with two attached hydrogens (primary N) is 1. The maximum atomic E-state index is 6.10. The number of aryl methyl sites for hydroxylation is 1. The van der Waals surface area contributed by atoms with Gasteiger partial charge in [0.1, 0.15) is 0 Å². The van der Waals surface area contributed by atoms with E-state index in [1.807, 2.05) is 18.2 Å². The van der Waals surface area contributed by atoms with Gasteiger partial charge in [0.25, 0.3) is 0 Å². The van der Waals surface area contributed by atoms with E-state index in [1.165, 1.54) is 5.56 Å². The van der Waals surface area contributed by atoms with Gasteiger partial charge in [-0.3, -0.25) is 0 Å². The molecule has 0 aliphatic rings. The van der Waals surface area contributed by atoms with Gasteiger partial charge in [0.15, 0.2) is 11.6 Å². The first-order chi connectivity index (χ1) is 9.13. The van der Waals surface area contributed by atoms with Crippen LogP contribution in [0.2, 0.25) is 10.0 Å². The average Bonchev–Trinajstić information content (AvgIpc) is 2.42. The van der Waals surface area contributed by atoms with Crippen molar-refractivity contribution in [2.75, 3.05) is 10.7 Å².